The van der Waals surface area contributed by atoms with Crippen molar-refractivity contribution >= 4 is 28.0 Å². The first-order valence-electron chi connectivity index (χ1n) is 5.15. The van der Waals surface area contributed by atoms with Crippen LogP contribution in [0.1, 0.15) is 32.1 Å². The Hall–Kier alpha value is -1.68. The zero-order valence-corrected chi connectivity index (χ0v) is 10.8. The maximum Gasteiger partial charge on any atom is 0.304 e. The van der Waals surface area contributed by atoms with Gasteiger partial charge in [0.15, 0.2) is 0 Å². The van der Waals surface area contributed by atoms with E-state index in [1.807, 2.05) is 0 Å². The van der Waals surface area contributed by atoms with Gasteiger partial charge < -0.3 is 15.3 Å². The van der Waals surface area contributed by atoms with Crippen LogP contribution in [0.15, 0.2) is 0 Å². The van der Waals surface area contributed by atoms with Crippen molar-refractivity contribution < 1.29 is 42.7 Å². The van der Waals surface area contributed by atoms with Crippen molar-refractivity contribution in [2.75, 3.05) is 5.75 Å². The Balaban J connectivity index is 0. The first kappa shape index (κ1) is 19.7. The second-order valence-electron chi connectivity index (χ2n) is 3.42. The van der Waals surface area contributed by atoms with Crippen LogP contribution in [0.5, 0.6) is 0 Å². The fraction of sp³-hybridized carbons (Fsp3) is 0.667. The predicted molar refractivity (Wildman–Crippen MR) is 62.4 cm³/mol. The molecule has 0 aromatic rings. The molecule has 0 unspecified atom stereocenters. The highest BCUT2D eigenvalue weighted by Crippen LogP contribution is 1.98. The molecule has 0 atom stereocenters. The topological polar surface area (TPSA) is 166 Å². The van der Waals surface area contributed by atoms with Crippen molar-refractivity contribution in [1.29, 1.82) is 0 Å². The van der Waals surface area contributed by atoms with Gasteiger partial charge in [-0.3, -0.25) is 18.9 Å². The summed E-state index contributed by atoms with van der Waals surface area (Å²) in [5, 5.41) is 24.2. The summed E-state index contributed by atoms with van der Waals surface area (Å²) in [7, 11) is -4.10. The number of unbranched alkanes of at least 4 members (excludes halogenated alkanes) is 1. The molecular formula is C9H16O9S. The molecule has 0 rings (SSSR count). The number of hydrogen-bond acceptors (Lipinski definition) is 5. The van der Waals surface area contributed by atoms with Crippen LogP contribution >= 0.6 is 0 Å². The number of hydrogen-bond donors (Lipinski definition) is 4. The van der Waals surface area contributed by atoms with Gasteiger partial charge >= 0.3 is 17.9 Å². The van der Waals surface area contributed by atoms with Gasteiger partial charge in [0.05, 0.1) is 12.2 Å². The summed E-state index contributed by atoms with van der Waals surface area (Å²) in [6.45, 7) is 0. The number of carbonyl (C=O) groups is 3. The van der Waals surface area contributed by atoms with Crippen molar-refractivity contribution in [3.8, 4) is 0 Å². The predicted octanol–water partition coefficient (Wildman–Crippen LogP) is 0.0649. The lowest BCUT2D eigenvalue weighted by molar-refractivity contribution is -0.139. The quantitative estimate of drug-likeness (QED) is 0.358. The lowest BCUT2D eigenvalue weighted by atomic mass is 10.2. The van der Waals surface area contributed by atoms with Gasteiger partial charge in [-0.05, 0) is 12.8 Å². The summed E-state index contributed by atoms with van der Waals surface area (Å²) >= 11 is 0. The number of carboxylic acids is 3. The van der Waals surface area contributed by atoms with E-state index in [0.717, 1.165) is 0 Å². The van der Waals surface area contributed by atoms with Crippen molar-refractivity contribution in [1.82, 2.24) is 0 Å². The van der Waals surface area contributed by atoms with Gasteiger partial charge in [0, 0.05) is 12.8 Å². The summed E-state index contributed by atoms with van der Waals surface area (Å²) < 4.78 is 27.6. The third-order valence-corrected chi connectivity index (χ3v) is 2.33. The molecule has 10 heteroatoms. The maximum atomic E-state index is 9.90. The molecule has 0 fully saturated rings. The lowest BCUT2D eigenvalue weighted by Gasteiger charge is -1.92. The third kappa shape index (κ3) is 26.1. The molecule has 0 aliphatic carbocycles. The Kier molecular flexibility index (Phi) is 10.6. The summed E-state index contributed by atoms with van der Waals surface area (Å²) in [5.41, 5.74) is 0. The third-order valence-electron chi connectivity index (χ3n) is 1.61. The van der Waals surface area contributed by atoms with Crippen molar-refractivity contribution in [3.05, 3.63) is 0 Å². The van der Waals surface area contributed by atoms with Crippen molar-refractivity contribution in [3.63, 3.8) is 0 Å². The van der Waals surface area contributed by atoms with E-state index in [4.69, 9.17) is 19.9 Å². The van der Waals surface area contributed by atoms with Crippen LogP contribution in [0.4, 0.5) is 0 Å². The van der Waals surface area contributed by atoms with E-state index in [0.29, 0.717) is 12.8 Å². The Morgan fingerprint density at radius 1 is 0.737 bits per heavy atom. The highest BCUT2D eigenvalue weighted by molar-refractivity contribution is 7.85. The molecule has 0 bridgehead atoms. The van der Waals surface area contributed by atoms with E-state index >= 15 is 0 Å². The van der Waals surface area contributed by atoms with Gasteiger partial charge in [-0.2, -0.15) is 8.42 Å². The molecule has 0 aromatic heterocycles. The molecule has 0 heterocycles. The molecule has 9 nitrogen and oxygen atoms in total. The fourth-order valence-electron chi connectivity index (χ4n) is 0.769. The molecule has 0 spiro atoms. The smallest absolute Gasteiger partial charge is 0.304 e. The highest BCUT2D eigenvalue weighted by Gasteiger charge is 2.06. The monoisotopic (exact) mass is 300 g/mol. The van der Waals surface area contributed by atoms with Gasteiger partial charge in [-0.1, -0.05) is 0 Å². The largest absolute Gasteiger partial charge is 0.481 e. The minimum atomic E-state index is -4.10. The molecule has 0 aliphatic heterocycles. The minimum Gasteiger partial charge on any atom is -0.481 e. The van der Waals surface area contributed by atoms with E-state index < -0.39 is 40.2 Å². The molecule has 0 amide bonds. The summed E-state index contributed by atoms with van der Waals surface area (Å²) in [6.07, 6.45) is 0.461. The summed E-state index contributed by atoms with van der Waals surface area (Å²) in [4.78, 5) is 29.5. The highest BCUT2D eigenvalue weighted by atomic mass is 32.2. The SMILES string of the molecule is O=C(O)CCCCC(=O)O.O=C(O)CCS(=O)(=O)O. The standard InChI is InChI=1S/C6H10O4.C3H6O5S/c7-5(8)3-1-2-4-6(9)10;4-3(5)1-2-9(6,7)8/h1-4H2,(H,7,8)(H,9,10);1-2H2,(H,4,5)(H,6,7,8). The van der Waals surface area contributed by atoms with Gasteiger partial charge in [0.25, 0.3) is 10.1 Å². The van der Waals surface area contributed by atoms with Crippen LogP contribution in [0.3, 0.4) is 0 Å². The van der Waals surface area contributed by atoms with Crippen LogP contribution in [-0.2, 0) is 24.5 Å². The molecule has 0 aromatic carbocycles. The normalized spacial score (nSPS) is 10.2. The van der Waals surface area contributed by atoms with Crippen LogP contribution in [-0.4, -0.2) is 52.0 Å². The Bertz CT molecular complexity index is 382. The van der Waals surface area contributed by atoms with E-state index in [9.17, 15) is 22.8 Å². The number of aliphatic carboxylic acids is 3. The Labute approximate surface area is 109 Å². The summed E-state index contributed by atoms with van der Waals surface area (Å²) in [5.74, 6) is -3.70. The number of rotatable bonds is 8. The molecule has 112 valence electrons. The first-order chi connectivity index (χ1) is 8.54. The van der Waals surface area contributed by atoms with Crippen molar-refractivity contribution in [2.45, 2.75) is 32.1 Å². The van der Waals surface area contributed by atoms with E-state index in [-0.39, 0.29) is 12.8 Å². The fourth-order valence-corrected chi connectivity index (χ4v) is 1.20. The van der Waals surface area contributed by atoms with E-state index in [1.165, 1.54) is 0 Å². The second-order valence-corrected chi connectivity index (χ2v) is 5.00. The first-order valence-corrected chi connectivity index (χ1v) is 6.76. The van der Waals surface area contributed by atoms with Crippen LogP contribution in [0.25, 0.3) is 0 Å². The van der Waals surface area contributed by atoms with E-state index in [2.05, 4.69) is 0 Å². The van der Waals surface area contributed by atoms with Gasteiger partial charge in [0.1, 0.15) is 0 Å². The van der Waals surface area contributed by atoms with Crippen LogP contribution < -0.4 is 0 Å². The van der Waals surface area contributed by atoms with Gasteiger partial charge in [-0.15, -0.1) is 0 Å². The molecular weight excluding hydrogens is 284 g/mol. The number of carboxylic acid groups (broad SMARTS) is 3. The van der Waals surface area contributed by atoms with Gasteiger partial charge in [0.2, 0.25) is 0 Å². The molecule has 0 radical (unpaired) electrons. The van der Waals surface area contributed by atoms with Crippen molar-refractivity contribution in [2.24, 2.45) is 0 Å². The van der Waals surface area contributed by atoms with Crippen LogP contribution in [0, 0.1) is 0 Å². The second kappa shape index (κ2) is 10.3. The average molecular weight is 300 g/mol. The summed E-state index contributed by atoms with van der Waals surface area (Å²) in [6, 6.07) is 0. The molecule has 19 heavy (non-hydrogen) atoms. The van der Waals surface area contributed by atoms with Gasteiger partial charge in [-0.25, -0.2) is 0 Å². The van der Waals surface area contributed by atoms with E-state index in [1.54, 1.807) is 0 Å². The molecule has 0 saturated carbocycles. The maximum absolute atomic E-state index is 9.90. The Morgan fingerprint density at radius 3 is 1.21 bits per heavy atom. The average Bonchev–Trinajstić information content (AvgIpc) is 2.21. The molecule has 0 aliphatic rings. The zero-order valence-electron chi connectivity index (χ0n) is 9.98. The minimum absolute atomic E-state index is 0.0628. The molecule has 0 saturated heterocycles. The Morgan fingerprint density at radius 2 is 1.05 bits per heavy atom. The zero-order chi connectivity index (χ0) is 15.5. The lowest BCUT2D eigenvalue weighted by Crippen LogP contribution is -2.08. The van der Waals surface area contributed by atoms with Crippen LogP contribution in [0.2, 0.25) is 0 Å². The molecule has 4 N–H and O–H groups in total.